The Kier molecular flexibility index (Phi) is 3.95. The average molecular weight is 253 g/mol. The molecule has 2 rings (SSSR count). The van der Waals surface area contributed by atoms with E-state index in [2.05, 4.69) is 15.4 Å². The number of aromatic nitrogens is 3. The minimum atomic E-state index is 0.0877. The Labute approximate surface area is 104 Å². The smallest absolute Gasteiger partial charge is 0.131 e. The maximum absolute atomic E-state index is 8.77. The van der Waals surface area contributed by atoms with Crippen molar-refractivity contribution < 1.29 is 5.11 Å². The van der Waals surface area contributed by atoms with Crippen LogP contribution in [0.1, 0.15) is 5.56 Å². The maximum atomic E-state index is 8.77. The Morgan fingerprint density at radius 1 is 1.41 bits per heavy atom. The van der Waals surface area contributed by atoms with Gasteiger partial charge in [0.25, 0.3) is 0 Å². The molecule has 0 amide bonds. The minimum Gasteiger partial charge on any atom is -0.394 e. The number of aliphatic hydroxyl groups excluding tert-OH is 1. The fourth-order valence-corrected chi connectivity index (χ4v) is 1.59. The number of rotatable bonds is 5. The zero-order valence-corrected chi connectivity index (χ0v) is 9.93. The molecule has 0 fully saturated rings. The van der Waals surface area contributed by atoms with Crippen LogP contribution in [0.2, 0.25) is 5.15 Å². The quantitative estimate of drug-likeness (QED) is 0.793. The molecule has 0 aliphatic carbocycles. The Bertz CT molecular complexity index is 486. The first-order valence-electron chi connectivity index (χ1n) is 5.26. The van der Waals surface area contributed by atoms with Crippen molar-refractivity contribution in [3.05, 3.63) is 41.3 Å². The summed E-state index contributed by atoms with van der Waals surface area (Å²) in [6.45, 7) is 1.22. The summed E-state index contributed by atoms with van der Waals surface area (Å²) in [6.07, 6.45) is 3.64. The van der Waals surface area contributed by atoms with Crippen molar-refractivity contribution >= 4 is 17.4 Å². The lowest BCUT2D eigenvalue weighted by atomic mass is 10.3. The number of nitrogens with zero attached hydrogens (tertiary/aromatic N) is 3. The highest BCUT2D eigenvalue weighted by Gasteiger charge is 1.99. The average Bonchev–Trinajstić information content (AvgIpc) is 2.75. The first-order chi connectivity index (χ1) is 8.28. The van der Waals surface area contributed by atoms with Gasteiger partial charge in [-0.2, -0.15) is 5.10 Å². The van der Waals surface area contributed by atoms with E-state index in [1.807, 2.05) is 18.3 Å². The van der Waals surface area contributed by atoms with Gasteiger partial charge in [0.05, 0.1) is 19.3 Å². The zero-order chi connectivity index (χ0) is 12.1. The van der Waals surface area contributed by atoms with Crippen LogP contribution in [-0.2, 0) is 13.1 Å². The molecule has 0 saturated carbocycles. The number of anilines is 1. The van der Waals surface area contributed by atoms with Crippen molar-refractivity contribution in [1.82, 2.24) is 14.8 Å². The van der Waals surface area contributed by atoms with Crippen molar-refractivity contribution in [3.63, 3.8) is 0 Å². The van der Waals surface area contributed by atoms with Crippen molar-refractivity contribution in [2.24, 2.45) is 0 Å². The van der Waals surface area contributed by atoms with Crippen LogP contribution in [0.3, 0.4) is 0 Å². The van der Waals surface area contributed by atoms with E-state index < -0.39 is 0 Å². The van der Waals surface area contributed by atoms with Crippen LogP contribution in [-0.4, -0.2) is 26.5 Å². The molecule has 90 valence electrons. The van der Waals surface area contributed by atoms with Crippen LogP contribution in [0.4, 0.5) is 5.82 Å². The van der Waals surface area contributed by atoms with E-state index in [1.54, 1.807) is 16.9 Å². The lowest BCUT2D eigenvalue weighted by Gasteiger charge is -2.03. The van der Waals surface area contributed by atoms with Gasteiger partial charge in [0.15, 0.2) is 0 Å². The number of hydrogen-bond acceptors (Lipinski definition) is 4. The topological polar surface area (TPSA) is 63.0 Å². The highest BCUT2D eigenvalue weighted by Crippen LogP contribution is 2.10. The molecule has 0 bridgehead atoms. The summed E-state index contributed by atoms with van der Waals surface area (Å²) in [4.78, 5) is 4.12. The van der Waals surface area contributed by atoms with E-state index >= 15 is 0 Å². The van der Waals surface area contributed by atoms with Crippen molar-refractivity contribution in [2.75, 3.05) is 11.9 Å². The predicted octanol–water partition coefficient (Wildman–Crippen LogP) is 1.54. The van der Waals surface area contributed by atoms with Gasteiger partial charge in [0.1, 0.15) is 11.0 Å². The van der Waals surface area contributed by atoms with Gasteiger partial charge in [0.2, 0.25) is 0 Å². The van der Waals surface area contributed by atoms with E-state index in [-0.39, 0.29) is 6.61 Å². The second-order valence-corrected chi connectivity index (χ2v) is 3.92. The molecule has 0 unspecified atom stereocenters. The third kappa shape index (κ3) is 3.44. The summed E-state index contributed by atoms with van der Waals surface area (Å²) in [7, 11) is 0. The molecule has 0 spiro atoms. The third-order valence-corrected chi connectivity index (χ3v) is 2.42. The van der Waals surface area contributed by atoms with Crippen LogP contribution >= 0.6 is 11.6 Å². The fourth-order valence-electron chi connectivity index (χ4n) is 1.42. The van der Waals surface area contributed by atoms with Crippen LogP contribution in [0, 0.1) is 0 Å². The van der Waals surface area contributed by atoms with Crippen LogP contribution in [0.15, 0.2) is 30.6 Å². The Morgan fingerprint density at radius 2 is 2.29 bits per heavy atom. The minimum absolute atomic E-state index is 0.0877. The van der Waals surface area contributed by atoms with Gasteiger partial charge >= 0.3 is 0 Å². The Morgan fingerprint density at radius 3 is 3.06 bits per heavy atom. The molecule has 2 aromatic rings. The van der Waals surface area contributed by atoms with Gasteiger partial charge in [-0.25, -0.2) is 4.98 Å². The van der Waals surface area contributed by atoms with Gasteiger partial charge in [-0.3, -0.25) is 4.68 Å². The monoisotopic (exact) mass is 252 g/mol. The van der Waals surface area contributed by atoms with Gasteiger partial charge < -0.3 is 10.4 Å². The van der Waals surface area contributed by atoms with E-state index in [4.69, 9.17) is 16.7 Å². The second kappa shape index (κ2) is 5.65. The molecule has 6 heteroatoms. The molecule has 5 nitrogen and oxygen atoms in total. The molecule has 2 heterocycles. The molecular formula is C11H13ClN4O. The van der Waals surface area contributed by atoms with E-state index in [0.717, 1.165) is 11.4 Å². The number of halogens is 1. The highest BCUT2D eigenvalue weighted by molar-refractivity contribution is 6.29. The van der Waals surface area contributed by atoms with E-state index in [9.17, 15) is 0 Å². The number of pyridine rings is 1. The van der Waals surface area contributed by atoms with Crippen LogP contribution in [0.5, 0.6) is 0 Å². The third-order valence-electron chi connectivity index (χ3n) is 2.20. The number of aliphatic hydroxyl groups is 1. The first kappa shape index (κ1) is 11.9. The number of nitrogens with one attached hydrogen (secondary N) is 1. The molecule has 0 aliphatic heterocycles. The largest absolute Gasteiger partial charge is 0.394 e. The Hall–Kier alpha value is -1.59. The Balaban J connectivity index is 1.93. The summed E-state index contributed by atoms with van der Waals surface area (Å²) in [5.41, 5.74) is 1.03. The normalized spacial score (nSPS) is 10.5. The molecule has 17 heavy (non-hydrogen) atoms. The van der Waals surface area contributed by atoms with Crippen LogP contribution < -0.4 is 5.32 Å². The predicted molar refractivity (Wildman–Crippen MR) is 65.9 cm³/mol. The number of hydrogen-bond donors (Lipinski definition) is 2. The van der Waals surface area contributed by atoms with E-state index in [0.29, 0.717) is 18.2 Å². The second-order valence-electron chi connectivity index (χ2n) is 3.53. The standard InChI is InChI=1S/C11H13ClN4O/c12-10-2-1-3-11(15-10)13-6-9-7-14-16(8-9)4-5-17/h1-3,7-8,17H,4-6H2,(H,13,15). The lowest BCUT2D eigenvalue weighted by molar-refractivity contribution is 0.269. The van der Waals surface area contributed by atoms with Gasteiger partial charge in [-0.05, 0) is 12.1 Å². The summed E-state index contributed by atoms with van der Waals surface area (Å²) >= 11 is 5.78. The van der Waals surface area contributed by atoms with Crippen molar-refractivity contribution in [1.29, 1.82) is 0 Å². The van der Waals surface area contributed by atoms with Crippen molar-refractivity contribution in [2.45, 2.75) is 13.1 Å². The zero-order valence-electron chi connectivity index (χ0n) is 9.17. The molecule has 0 atom stereocenters. The molecular weight excluding hydrogens is 240 g/mol. The molecule has 2 aromatic heterocycles. The summed E-state index contributed by atoms with van der Waals surface area (Å²) in [5, 5.41) is 16.5. The van der Waals surface area contributed by atoms with Gasteiger partial charge in [-0.15, -0.1) is 0 Å². The fraction of sp³-hybridized carbons (Fsp3) is 0.273. The molecule has 0 aromatic carbocycles. The first-order valence-corrected chi connectivity index (χ1v) is 5.64. The van der Waals surface area contributed by atoms with Crippen LogP contribution in [0.25, 0.3) is 0 Å². The van der Waals surface area contributed by atoms with Crippen molar-refractivity contribution in [3.8, 4) is 0 Å². The lowest BCUT2D eigenvalue weighted by Crippen LogP contribution is -2.02. The van der Waals surface area contributed by atoms with Gasteiger partial charge in [-0.1, -0.05) is 17.7 Å². The maximum Gasteiger partial charge on any atom is 0.131 e. The molecule has 0 aliphatic rings. The summed E-state index contributed by atoms with van der Waals surface area (Å²) in [6, 6.07) is 5.42. The molecule has 0 radical (unpaired) electrons. The summed E-state index contributed by atoms with van der Waals surface area (Å²) in [5.74, 6) is 0.729. The summed E-state index contributed by atoms with van der Waals surface area (Å²) < 4.78 is 1.70. The van der Waals surface area contributed by atoms with E-state index in [1.165, 1.54) is 0 Å². The highest BCUT2D eigenvalue weighted by atomic mass is 35.5. The molecule has 2 N–H and O–H groups in total. The van der Waals surface area contributed by atoms with Gasteiger partial charge in [0, 0.05) is 18.3 Å². The SMILES string of the molecule is OCCn1cc(CNc2cccc(Cl)n2)cn1. The molecule has 0 saturated heterocycles.